The Balaban J connectivity index is 1.98. The van der Waals surface area contributed by atoms with Crippen LogP contribution in [0.15, 0.2) is 40.1 Å². The first-order chi connectivity index (χ1) is 13.5. The van der Waals surface area contributed by atoms with Gasteiger partial charge in [0.2, 0.25) is 10.0 Å². The summed E-state index contributed by atoms with van der Waals surface area (Å²) >= 11 is 6.14. The maximum Gasteiger partial charge on any atom is 0.262 e. The third-order valence-corrected chi connectivity index (χ3v) is 8.71. The minimum atomic E-state index is -3.91. The van der Waals surface area contributed by atoms with Crippen LogP contribution in [0.5, 0.6) is 0 Å². The highest BCUT2D eigenvalue weighted by Crippen LogP contribution is 2.30. The summed E-state index contributed by atoms with van der Waals surface area (Å²) in [5.74, 6) is 0. The number of hydrogen-bond donors (Lipinski definition) is 1. The summed E-state index contributed by atoms with van der Waals surface area (Å²) in [5.41, 5.74) is 2.32. The summed E-state index contributed by atoms with van der Waals surface area (Å²) in [6.45, 7) is 6.39. The number of halogens is 1. The normalized spacial score (nSPS) is 16.0. The zero-order valence-electron chi connectivity index (χ0n) is 16.4. The smallest absolute Gasteiger partial charge is 0.262 e. The van der Waals surface area contributed by atoms with Gasteiger partial charge in [-0.2, -0.15) is 4.31 Å². The van der Waals surface area contributed by atoms with Gasteiger partial charge in [-0.05, 0) is 50.1 Å². The first-order valence-electron chi connectivity index (χ1n) is 9.00. The van der Waals surface area contributed by atoms with Crippen LogP contribution in [0.1, 0.15) is 16.7 Å². The number of aryl methyl sites for hydroxylation is 3. The van der Waals surface area contributed by atoms with Gasteiger partial charge in [-0.15, -0.1) is 0 Å². The van der Waals surface area contributed by atoms with Crippen LogP contribution in [0.25, 0.3) is 0 Å². The number of morpholine rings is 1. The second-order valence-corrected chi connectivity index (χ2v) is 10.9. The van der Waals surface area contributed by atoms with Gasteiger partial charge in [-0.25, -0.2) is 16.8 Å². The fourth-order valence-electron chi connectivity index (χ4n) is 3.49. The van der Waals surface area contributed by atoms with E-state index in [-0.39, 0.29) is 33.6 Å². The van der Waals surface area contributed by atoms with Crippen molar-refractivity contribution in [3.8, 4) is 0 Å². The van der Waals surface area contributed by atoms with E-state index < -0.39 is 20.0 Å². The lowest BCUT2D eigenvalue weighted by atomic mass is 10.1. The largest absolute Gasteiger partial charge is 0.379 e. The fraction of sp³-hybridized carbons (Fsp3) is 0.368. The lowest BCUT2D eigenvalue weighted by molar-refractivity contribution is 0.0730. The number of sulfonamides is 2. The zero-order valence-corrected chi connectivity index (χ0v) is 18.8. The van der Waals surface area contributed by atoms with Gasteiger partial charge < -0.3 is 4.74 Å². The molecule has 2 aromatic carbocycles. The highest BCUT2D eigenvalue weighted by atomic mass is 35.5. The monoisotopic (exact) mass is 458 g/mol. The van der Waals surface area contributed by atoms with Crippen LogP contribution in [0.2, 0.25) is 5.02 Å². The molecule has 0 aliphatic carbocycles. The Morgan fingerprint density at radius 2 is 1.55 bits per heavy atom. The standard InChI is InChI=1S/C19H23ClN2O5S2/c1-13-10-14(2)19(15(3)11-13)28(23,24)21-16-4-5-17(20)18(12-16)29(25,26)22-6-8-27-9-7-22/h4-5,10-12,21H,6-9H2,1-3H3. The molecule has 1 N–H and O–H groups in total. The predicted molar refractivity (Wildman–Crippen MR) is 112 cm³/mol. The van der Waals surface area contributed by atoms with E-state index in [1.807, 2.05) is 6.92 Å². The molecule has 2 aromatic rings. The topological polar surface area (TPSA) is 92.8 Å². The molecule has 1 aliphatic heterocycles. The molecule has 158 valence electrons. The fourth-order valence-corrected chi connectivity index (χ4v) is 6.90. The number of benzene rings is 2. The van der Waals surface area contributed by atoms with Gasteiger partial charge in [0.05, 0.1) is 28.8 Å². The first-order valence-corrected chi connectivity index (χ1v) is 12.3. The summed E-state index contributed by atoms with van der Waals surface area (Å²) < 4.78 is 60.8. The van der Waals surface area contributed by atoms with Crippen LogP contribution >= 0.6 is 11.6 Å². The molecule has 0 saturated carbocycles. The van der Waals surface area contributed by atoms with Crippen LogP contribution in [0.4, 0.5) is 5.69 Å². The summed E-state index contributed by atoms with van der Waals surface area (Å²) in [6.07, 6.45) is 0. The highest BCUT2D eigenvalue weighted by Gasteiger charge is 2.29. The molecule has 0 radical (unpaired) electrons. The quantitative estimate of drug-likeness (QED) is 0.743. The minimum Gasteiger partial charge on any atom is -0.379 e. The molecule has 10 heteroatoms. The van der Waals surface area contributed by atoms with Gasteiger partial charge in [0.1, 0.15) is 4.90 Å². The molecule has 0 unspecified atom stereocenters. The lowest BCUT2D eigenvalue weighted by Crippen LogP contribution is -2.40. The van der Waals surface area contributed by atoms with Crippen molar-refractivity contribution in [1.82, 2.24) is 4.31 Å². The number of hydrogen-bond acceptors (Lipinski definition) is 5. The molecular weight excluding hydrogens is 436 g/mol. The van der Waals surface area contributed by atoms with Crippen molar-refractivity contribution in [1.29, 1.82) is 0 Å². The third kappa shape index (κ3) is 4.59. The van der Waals surface area contributed by atoms with E-state index in [0.717, 1.165) is 5.56 Å². The van der Waals surface area contributed by atoms with Crippen molar-refractivity contribution in [2.75, 3.05) is 31.0 Å². The average Bonchev–Trinajstić information content (AvgIpc) is 2.62. The molecule has 1 heterocycles. The molecule has 0 bridgehead atoms. The minimum absolute atomic E-state index is 0.0298. The Kier molecular flexibility index (Phi) is 6.26. The van der Waals surface area contributed by atoms with E-state index >= 15 is 0 Å². The number of anilines is 1. The maximum absolute atomic E-state index is 13.0. The van der Waals surface area contributed by atoms with Crippen molar-refractivity contribution in [2.24, 2.45) is 0 Å². The van der Waals surface area contributed by atoms with E-state index in [2.05, 4.69) is 4.72 Å². The second-order valence-electron chi connectivity index (χ2n) is 6.99. The van der Waals surface area contributed by atoms with Crippen LogP contribution in [-0.4, -0.2) is 47.4 Å². The Hall–Kier alpha value is -1.65. The summed E-state index contributed by atoms with van der Waals surface area (Å²) in [6, 6.07) is 7.65. The van der Waals surface area contributed by atoms with Crippen molar-refractivity contribution in [2.45, 2.75) is 30.6 Å². The van der Waals surface area contributed by atoms with Crippen molar-refractivity contribution >= 4 is 37.3 Å². The van der Waals surface area contributed by atoms with Crippen molar-refractivity contribution in [3.05, 3.63) is 52.0 Å². The van der Waals surface area contributed by atoms with Crippen molar-refractivity contribution in [3.63, 3.8) is 0 Å². The second kappa shape index (κ2) is 8.23. The van der Waals surface area contributed by atoms with Gasteiger partial charge >= 0.3 is 0 Å². The summed E-state index contributed by atoms with van der Waals surface area (Å²) in [7, 11) is -7.78. The lowest BCUT2D eigenvalue weighted by Gasteiger charge is -2.26. The van der Waals surface area contributed by atoms with Crippen LogP contribution in [0.3, 0.4) is 0 Å². The number of rotatable bonds is 5. The third-order valence-electron chi connectivity index (χ3n) is 4.64. The molecule has 7 nitrogen and oxygen atoms in total. The van der Waals surface area contributed by atoms with Crippen LogP contribution < -0.4 is 4.72 Å². The van der Waals surface area contributed by atoms with Gasteiger partial charge in [-0.1, -0.05) is 29.3 Å². The zero-order chi connectivity index (χ0) is 21.4. The molecule has 29 heavy (non-hydrogen) atoms. The van der Waals surface area contributed by atoms with E-state index in [0.29, 0.717) is 24.3 Å². The molecular formula is C19H23ClN2O5S2. The van der Waals surface area contributed by atoms with Gasteiger partial charge in [0, 0.05) is 13.1 Å². The van der Waals surface area contributed by atoms with Crippen LogP contribution in [-0.2, 0) is 24.8 Å². The Morgan fingerprint density at radius 3 is 2.14 bits per heavy atom. The number of ether oxygens (including phenoxy) is 1. The van der Waals surface area contributed by atoms with E-state index in [1.54, 1.807) is 26.0 Å². The summed E-state index contributed by atoms with van der Waals surface area (Å²) in [5, 5.41) is 0.0298. The molecule has 1 fully saturated rings. The van der Waals surface area contributed by atoms with Gasteiger partial charge in [0.25, 0.3) is 10.0 Å². The number of nitrogens with one attached hydrogen (secondary N) is 1. The molecule has 0 amide bonds. The molecule has 3 rings (SSSR count). The van der Waals surface area contributed by atoms with Crippen molar-refractivity contribution < 1.29 is 21.6 Å². The average molecular weight is 459 g/mol. The molecule has 0 aromatic heterocycles. The SMILES string of the molecule is Cc1cc(C)c(S(=O)(=O)Nc2ccc(Cl)c(S(=O)(=O)N3CCOCC3)c2)c(C)c1. The molecule has 1 saturated heterocycles. The van der Waals surface area contributed by atoms with E-state index in [1.165, 1.54) is 22.5 Å². The molecule has 0 spiro atoms. The van der Waals surface area contributed by atoms with E-state index in [9.17, 15) is 16.8 Å². The Labute approximate surface area is 176 Å². The Bertz CT molecular complexity index is 1120. The predicted octanol–water partition coefficient (Wildman–Crippen LogP) is 3.09. The van der Waals surface area contributed by atoms with Gasteiger partial charge in [0.15, 0.2) is 0 Å². The highest BCUT2D eigenvalue weighted by molar-refractivity contribution is 7.92. The van der Waals surface area contributed by atoms with E-state index in [4.69, 9.17) is 16.3 Å². The van der Waals surface area contributed by atoms with Gasteiger partial charge in [-0.3, -0.25) is 4.72 Å². The molecule has 1 aliphatic rings. The van der Waals surface area contributed by atoms with Crippen LogP contribution in [0, 0.1) is 20.8 Å². The molecule has 0 atom stereocenters. The first kappa shape index (κ1) is 22.0. The summed E-state index contributed by atoms with van der Waals surface area (Å²) in [4.78, 5) is 0.0363. The maximum atomic E-state index is 13.0. The Morgan fingerprint density at radius 1 is 0.966 bits per heavy atom. The number of nitrogens with zero attached hydrogens (tertiary/aromatic N) is 1.